The minimum atomic E-state index is 0.656. The minimum Gasteiger partial charge on any atom is -0.192 e. The zero-order chi connectivity index (χ0) is 31.2. The summed E-state index contributed by atoms with van der Waals surface area (Å²) in [5.41, 5.74) is 6.60. The highest BCUT2D eigenvalue weighted by molar-refractivity contribution is 5.57. The average Bonchev–Trinajstić information content (AvgIpc) is 3.08. The van der Waals surface area contributed by atoms with Gasteiger partial charge in [0.25, 0.3) is 0 Å². The van der Waals surface area contributed by atoms with Crippen LogP contribution in [0, 0.1) is 45.3 Å². The molecule has 0 aliphatic carbocycles. The highest BCUT2D eigenvalue weighted by atomic mass is 14.2. The predicted molar refractivity (Wildman–Crippen MR) is 179 cm³/mol. The zero-order valence-electron chi connectivity index (χ0n) is 24.0. The third-order valence-corrected chi connectivity index (χ3v) is 5.88. The van der Waals surface area contributed by atoms with Gasteiger partial charge in [-0.15, -0.1) is 0 Å². The maximum absolute atomic E-state index is 8.83. The normalized spacial score (nSPS) is 11.0. The number of nitrogens with zero attached hydrogens (tertiary/aromatic N) is 4. The van der Waals surface area contributed by atoms with Gasteiger partial charge >= 0.3 is 0 Å². The fourth-order valence-corrected chi connectivity index (χ4v) is 3.77. The second-order valence-corrected chi connectivity index (χ2v) is 9.16. The van der Waals surface area contributed by atoms with Gasteiger partial charge in [0.15, 0.2) is 0 Å². The van der Waals surface area contributed by atoms with Crippen LogP contribution in [0.3, 0.4) is 0 Å². The Kier molecular flexibility index (Phi) is 13.4. The Morgan fingerprint density at radius 3 is 0.750 bits per heavy atom. The fourth-order valence-electron chi connectivity index (χ4n) is 3.77. The van der Waals surface area contributed by atoms with Gasteiger partial charge in [-0.25, -0.2) is 0 Å². The van der Waals surface area contributed by atoms with Gasteiger partial charge in [0.2, 0.25) is 0 Å². The molecule has 4 heteroatoms. The molecule has 0 fully saturated rings. The second kappa shape index (κ2) is 18.6. The van der Waals surface area contributed by atoms with Crippen molar-refractivity contribution < 1.29 is 0 Å². The summed E-state index contributed by atoms with van der Waals surface area (Å²) in [4.78, 5) is 0. The number of benzene rings is 4. The second-order valence-electron chi connectivity index (χ2n) is 9.16. The van der Waals surface area contributed by atoms with Crippen molar-refractivity contribution in [1.29, 1.82) is 21.0 Å². The highest BCUT2D eigenvalue weighted by Crippen LogP contribution is 2.09. The van der Waals surface area contributed by atoms with Crippen molar-refractivity contribution in [2.75, 3.05) is 0 Å². The largest absolute Gasteiger partial charge is 0.192 e. The molecule has 0 aromatic heterocycles. The Balaban J connectivity index is 0.000000240. The van der Waals surface area contributed by atoms with Crippen LogP contribution in [0.4, 0.5) is 0 Å². The minimum absolute atomic E-state index is 0.656. The van der Waals surface area contributed by atoms with Gasteiger partial charge in [-0.1, -0.05) is 121 Å². The molecule has 4 rings (SSSR count). The number of allylic oxidation sites excluding steroid dienone is 8. The van der Waals surface area contributed by atoms with E-state index in [0.717, 1.165) is 22.3 Å². The molecule has 0 saturated heterocycles. The van der Waals surface area contributed by atoms with Crippen LogP contribution in [-0.2, 0) is 0 Å². The van der Waals surface area contributed by atoms with E-state index in [2.05, 4.69) is 24.3 Å². The van der Waals surface area contributed by atoms with E-state index in [4.69, 9.17) is 21.0 Å². The summed E-state index contributed by atoms with van der Waals surface area (Å²) in [6.07, 6.45) is 23.2. The van der Waals surface area contributed by atoms with E-state index < -0.39 is 0 Å². The van der Waals surface area contributed by atoms with Crippen LogP contribution in [0.25, 0.3) is 24.3 Å². The van der Waals surface area contributed by atoms with Crippen LogP contribution >= 0.6 is 0 Å². The summed E-state index contributed by atoms with van der Waals surface area (Å²) >= 11 is 0. The molecule has 0 radical (unpaired) electrons. The van der Waals surface area contributed by atoms with E-state index in [0.29, 0.717) is 22.3 Å². The Morgan fingerprint density at radius 2 is 0.545 bits per heavy atom. The smallest absolute Gasteiger partial charge is 0.0991 e. The Hall–Kier alpha value is -6.72. The molecule has 0 spiro atoms. The quantitative estimate of drug-likeness (QED) is 0.199. The summed E-state index contributed by atoms with van der Waals surface area (Å²) < 4.78 is 0. The van der Waals surface area contributed by atoms with E-state index in [1.807, 2.05) is 146 Å². The standard InChI is InChI=1S/2C20H14N2/c2*21-15-19-11-5-9-17(13-19)7-3-1-2-4-8-18-10-6-12-20(14-18)16-22/h2*1-14H/b2*2-1+,7-3+,8-4+. The van der Waals surface area contributed by atoms with E-state index in [1.165, 1.54) is 0 Å². The molecule has 0 bridgehead atoms. The van der Waals surface area contributed by atoms with Crippen molar-refractivity contribution in [3.05, 3.63) is 190 Å². The molecule has 4 aromatic rings. The van der Waals surface area contributed by atoms with Crippen molar-refractivity contribution in [1.82, 2.24) is 0 Å². The Bertz CT molecular complexity index is 1630. The predicted octanol–water partition coefficient (Wildman–Crippen LogP) is 9.43. The van der Waals surface area contributed by atoms with Crippen LogP contribution in [0.5, 0.6) is 0 Å². The monoisotopic (exact) mass is 564 g/mol. The fraction of sp³-hybridized carbons (Fsp3) is 0. The molecule has 4 aromatic carbocycles. The van der Waals surface area contributed by atoms with Crippen LogP contribution < -0.4 is 0 Å². The first kappa shape index (κ1) is 31.8. The van der Waals surface area contributed by atoms with Crippen molar-refractivity contribution in [2.24, 2.45) is 0 Å². The summed E-state index contributed by atoms with van der Waals surface area (Å²) in [6, 6.07) is 38.2. The van der Waals surface area contributed by atoms with Crippen LogP contribution in [0.15, 0.2) is 146 Å². The molecule has 44 heavy (non-hydrogen) atoms. The van der Waals surface area contributed by atoms with Crippen LogP contribution in [0.2, 0.25) is 0 Å². The first-order valence-electron chi connectivity index (χ1n) is 13.7. The number of hydrogen-bond acceptors (Lipinski definition) is 4. The molecule has 0 atom stereocenters. The third kappa shape index (κ3) is 11.8. The molecule has 0 amide bonds. The molecule has 4 nitrogen and oxygen atoms in total. The van der Waals surface area contributed by atoms with Crippen LogP contribution in [-0.4, -0.2) is 0 Å². The number of nitriles is 4. The van der Waals surface area contributed by atoms with Gasteiger partial charge in [-0.3, -0.25) is 0 Å². The van der Waals surface area contributed by atoms with E-state index >= 15 is 0 Å². The van der Waals surface area contributed by atoms with E-state index in [1.54, 1.807) is 24.3 Å². The van der Waals surface area contributed by atoms with Gasteiger partial charge < -0.3 is 0 Å². The maximum Gasteiger partial charge on any atom is 0.0991 e. The van der Waals surface area contributed by atoms with Crippen molar-refractivity contribution in [3.63, 3.8) is 0 Å². The maximum atomic E-state index is 8.83. The first-order valence-corrected chi connectivity index (χ1v) is 13.7. The van der Waals surface area contributed by atoms with Gasteiger partial charge in [0.05, 0.1) is 46.5 Å². The lowest BCUT2D eigenvalue weighted by molar-refractivity contribution is 1.48. The summed E-state index contributed by atoms with van der Waals surface area (Å²) in [6.45, 7) is 0. The van der Waals surface area contributed by atoms with Crippen molar-refractivity contribution in [2.45, 2.75) is 0 Å². The van der Waals surface area contributed by atoms with Crippen molar-refractivity contribution >= 4 is 24.3 Å². The first-order chi connectivity index (χ1) is 21.6. The van der Waals surface area contributed by atoms with Crippen molar-refractivity contribution in [3.8, 4) is 24.3 Å². The highest BCUT2D eigenvalue weighted by Gasteiger charge is 1.92. The molecular formula is C40H28N4. The lowest BCUT2D eigenvalue weighted by Crippen LogP contribution is -1.75. The van der Waals surface area contributed by atoms with E-state index in [-0.39, 0.29) is 0 Å². The molecule has 208 valence electrons. The van der Waals surface area contributed by atoms with Gasteiger partial charge in [-0.2, -0.15) is 21.0 Å². The Labute approximate surface area is 259 Å². The lowest BCUT2D eigenvalue weighted by Gasteiger charge is -1.92. The molecule has 0 aliphatic heterocycles. The summed E-state index contributed by atoms with van der Waals surface area (Å²) in [5, 5.41) is 35.3. The average molecular weight is 565 g/mol. The molecule has 0 N–H and O–H groups in total. The summed E-state index contributed by atoms with van der Waals surface area (Å²) in [5.74, 6) is 0. The molecule has 0 heterocycles. The van der Waals surface area contributed by atoms with Gasteiger partial charge in [0.1, 0.15) is 0 Å². The van der Waals surface area contributed by atoms with Crippen LogP contribution in [0.1, 0.15) is 44.5 Å². The molecule has 0 aliphatic rings. The Morgan fingerprint density at radius 1 is 0.318 bits per heavy atom. The zero-order valence-corrected chi connectivity index (χ0v) is 24.0. The molecular weight excluding hydrogens is 536 g/mol. The molecule has 0 saturated carbocycles. The van der Waals surface area contributed by atoms with Gasteiger partial charge in [-0.05, 0) is 70.8 Å². The summed E-state index contributed by atoms with van der Waals surface area (Å²) in [7, 11) is 0. The number of rotatable bonds is 8. The lowest BCUT2D eigenvalue weighted by atomic mass is 10.1. The van der Waals surface area contributed by atoms with Gasteiger partial charge in [0, 0.05) is 0 Å². The van der Waals surface area contributed by atoms with E-state index in [9.17, 15) is 0 Å². The SMILES string of the molecule is N#Cc1cccc(/C=C/C=C/C=C/c2cccc(C#N)c2)c1.N#Cc1cccc(/C=C/C=C/C=C/c2cccc(C#N)c2)c1. The topological polar surface area (TPSA) is 95.2 Å². The molecule has 0 unspecified atom stereocenters. The third-order valence-electron chi connectivity index (χ3n) is 5.88. The number of hydrogen-bond donors (Lipinski definition) is 0.